The van der Waals surface area contributed by atoms with Gasteiger partial charge in [0, 0.05) is 21.2 Å². The summed E-state index contributed by atoms with van der Waals surface area (Å²) in [7, 11) is 0. The zero-order chi connectivity index (χ0) is 16.6. The maximum atomic E-state index is 12.8. The normalized spacial score (nSPS) is 18.2. The average molecular weight is 391 g/mol. The number of carbonyl (C=O) groups is 1. The molecular formula is C18H19BrN2OS. The minimum absolute atomic E-state index is 0.000344. The lowest BCUT2D eigenvalue weighted by atomic mass is 9.94. The van der Waals surface area contributed by atoms with Gasteiger partial charge in [-0.3, -0.25) is 4.79 Å². The van der Waals surface area contributed by atoms with Gasteiger partial charge < -0.3 is 0 Å². The zero-order valence-corrected chi connectivity index (χ0v) is 15.8. The number of thiophene rings is 1. The highest BCUT2D eigenvalue weighted by Gasteiger charge is 2.38. The summed E-state index contributed by atoms with van der Waals surface area (Å²) in [6.45, 7) is 5.82. The van der Waals surface area contributed by atoms with Crippen molar-refractivity contribution in [2.75, 3.05) is 0 Å². The van der Waals surface area contributed by atoms with Crippen LogP contribution in [0.15, 0.2) is 51.4 Å². The lowest BCUT2D eigenvalue weighted by Crippen LogP contribution is -2.36. The Hall–Kier alpha value is -1.46. The minimum atomic E-state index is -0.450. The van der Waals surface area contributed by atoms with Crippen molar-refractivity contribution in [1.29, 1.82) is 0 Å². The Labute approximate surface area is 149 Å². The van der Waals surface area contributed by atoms with Crippen LogP contribution in [0.25, 0.3) is 0 Å². The minimum Gasteiger partial charge on any atom is -0.272 e. The molecule has 0 radical (unpaired) electrons. The van der Waals surface area contributed by atoms with Gasteiger partial charge in [0.05, 0.1) is 11.8 Å². The summed E-state index contributed by atoms with van der Waals surface area (Å²) in [4.78, 5) is 14.0. The Morgan fingerprint density at radius 2 is 1.96 bits per heavy atom. The van der Waals surface area contributed by atoms with Crippen LogP contribution < -0.4 is 0 Å². The van der Waals surface area contributed by atoms with E-state index >= 15 is 0 Å². The summed E-state index contributed by atoms with van der Waals surface area (Å²) in [6.07, 6.45) is 0.754. The Morgan fingerprint density at radius 3 is 2.52 bits per heavy atom. The van der Waals surface area contributed by atoms with Gasteiger partial charge in [0.25, 0.3) is 0 Å². The van der Waals surface area contributed by atoms with E-state index in [1.54, 1.807) is 16.3 Å². The van der Waals surface area contributed by atoms with Gasteiger partial charge >= 0.3 is 0 Å². The number of benzene rings is 1. The summed E-state index contributed by atoms with van der Waals surface area (Å²) < 4.78 is 1.04. The van der Waals surface area contributed by atoms with Crippen LogP contribution in [0.3, 0.4) is 0 Å². The van der Waals surface area contributed by atoms with Gasteiger partial charge in [0.1, 0.15) is 0 Å². The van der Waals surface area contributed by atoms with Crippen molar-refractivity contribution in [2.45, 2.75) is 33.2 Å². The number of rotatable bonds is 2. The van der Waals surface area contributed by atoms with Crippen molar-refractivity contribution >= 4 is 38.9 Å². The first kappa shape index (κ1) is 16.4. The molecule has 120 valence electrons. The third-order valence-corrected chi connectivity index (χ3v) is 5.31. The van der Waals surface area contributed by atoms with Gasteiger partial charge in [0.15, 0.2) is 0 Å². The Kier molecular flexibility index (Phi) is 4.43. The van der Waals surface area contributed by atoms with Crippen LogP contribution in [0, 0.1) is 5.41 Å². The molecule has 5 heteroatoms. The van der Waals surface area contributed by atoms with Gasteiger partial charge in [-0.25, -0.2) is 5.01 Å². The van der Waals surface area contributed by atoms with Crippen LogP contribution in [0.4, 0.5) is 0 Å². The predicted molar refractivity (Wildman–Crippen MR) is 98.7 cm³/mol. The molecule has 0 saturated carbocycles. The zero-order valence-electron chi connectivity index (χ0n) is 13.4. The van der Waals surface area contributed by atoms with Gasteiger partial charge in [-0.1, -0.05) is 54.9 Å². The molecule has 1 aliphatic heterocycles. The van der Waals surface area contributed by atoms with Crippen molar-refractivity contribution in [1.82, 2.24) is 5.01 Å². The summed E-state index contributed by atoms with van der Waals surface area (Å²) in [6, 6.07) is 12.2. The number of hydrogen-bond acceptors (Lipinski definition) is 3. The molecule has 0 unspecified atom stereocenters. The van der Waals surface area contributed by atoms with E-state index in [0.717, 1.165) is 22.2 Å². The Balaban J connectivity index is 1.97. The van der Waals surface area contributed by atoms with E-state index in [9.17, 15) is 4.79 Å². The van der Waals surface area contributed by atoms with Gasteiger partial charge in [0.2, 0.25) is 5.91 Å². The number of halogens is 1. The molecule has 1 atom stereocenters. The standard InChI is InChI=1S/C18H19BrN2OS/c1-18(2,3)17(22)21-15(16-5-4-10-23-16)11-14(20-21)12-6-8-13(19)9-7-12/h4-10,15H,11H2,1-3H3/t15-/m1/s1. The van der Waals surface area contributed by atoms with Gasteiger partial charge in [-0.15, -0.1) is 11.3 Å². The molecule has 0 bridgehead atoms. The molecule has 0 fully saturated rings. The van der Waals surface area contributed by atoms with E-state index in [1.807, 2.05) is 56.5 Å². The molecule has 2 aromatic rings. The van der Waals surface area contributed by atoms with Crippen LogP contribution in [-0.2, 0) is 4.79 Å². The fourth-order valence-corrected chi connectivity index (χ4v) is 3.64. The molecule has 1 aromatic carbocycles. The van der Waals surface area contributed by atoms with Gasteiger partial charge in [-0.05, 0) is 29.1 Å². The summed E-state index contributed by atoms with van der Waals surface area (Å²) in [5, 5.41) is 8.42. The molecule has 2 heterocycles. The van der Waals surface area contributed by atoms with Crippen molar-refractivity contribution in [3.8, 4) is 0 Å². The fraction of sp³-hybridized carbons (Fsp3) is 0.333. The molecular weight excluding hydrogens is 372 g/mol. The van der Waals surface area contributed by atoms with Crippen molar-refractivity contribution in [3.05, 3.63) is 56.7 Å². The maximum absolute atomic E-state index is 12.8. The molecule has 0 N–H and O–H groups in total. The first-order valence-electron chi connectivity index (χ1n) is 7.57. The molecule has 1 amide bonds. The van der Waals surface area contributed by atoms with Gasteiger partial charge in [-0.2, -0.15) is 5.10 Å². The molecule has 0 aliphatic carbocycles. The van der Waals surface area contributed by atoms with Crippen molar-refractivity contribution in [3.63, 3.8) is 0 Å². The average Bonchev–Trinajstić information content (AvgIpc) is 3.15. The molecule has 3 rings (SSSR count). The number of amides is 1. The Bertz CT molecular complexity index is 729. The first-order chi connectivity index (χ1) is 10.9. The van der Waals surface area contributed by atoms with E-state index in [1.165, 1.54) is 4.88 Å². The third-order valence-electron chi connectivity index (χ3n) is 3.81. The lowest BCUT2D eigenvalue weighted by molar-refractivity contribution is -0.141. The summed E-state index contributed by atoms with van der Waals surface area (Å²) in [5.41, 5.74) is 1.58. The van der Waals surface area contributed by atoms with E-state index in [-0.39, 0.29) is 11.9 Å². The highest BCUT2D eigenvalue weighted by atomic mass is 79.9. The Morgan fingerprint density at radius 1 is 1.26 bits per heavy atom. The number of nitrogens with zero attached hydrogens (tertiary/aromatic N) is 2. The predicted octanol–water partition coefficient (Wildman–Crippen LogP) is 5.23. The fourth-order valence-electron chi connectivity index (χ4n) is 2.56. The molecule has 3 nitrogen and oxygen atoms in total. The van der Waals surface area contributed by atoms with E-state index in [0.29, 0.717) is 0 Å². The molecule has 1 aromatic heterocycles. The van der Waals surface area contributed by atoms with E-state index in [4.69, 9.17) is 0 Å². The van der Waals surface area contributed by atoms with E-state index in [2.05, 4.69) is 27.1 Å². The SMILES string of the molecule is CC(C)(C)C(=O)N1N=C(c2ccc(Br)cc2)C[C@@H]1c1cccs1. The lowest BCUT2D eigenvalue weighted by Gasteiger charge is -2.27. The first-order valence-corrected chi connectivity index (χ1v) is 9.24. The maximum Gasteiger partial charge on any atom is 0.248 e. The van der Waals surface area contributed by atoms with Crippen LogP contribution in [-0.4, -0.2) is 16.6 Å². The second-order valence-corrected chi connectivity index (χ2v) is 8.58. The molecule has 0 spiro atoms. The van der Waals surface area contributed by atoms with Crippen LogP contribution in [0.2, 0.25) is 0 Å². The highest BCUT2D eigenvalue weighted by molar-refractivity contribution is 9.10. The largest absolute Gasteiger partial charge is 0.272 e. The molecule has 1 aliphatic rings. The van der Waals surface area contributed by atoms with E-state index < -0.39 is 5.41 Å². The smallest absolute Gasteiger partial charge is 0.248 e. The van der Waals surface area contributed by atoms with Crippen molar-refractivity contribution < 1.29 is 4.79 Å². The van der Waals surface area contributed by atoms with Crippen LogP contribution >= 0.6 is 27.3 Å². The molecule has 23 heavy (non-hydrogen) atoms. The second-order valence-electron chi connectivity index (χ2n) is 6.69. The summed E-state index contributed by atoms with van der Waals surface area (Å²) >= 11 is 5.13. The highest BCUT2D eigenvalue weighted by Crippen LogP contribution is 2.37. The quantitative estimate of drug-likeness (QED) is 0.690. The number of carbonyl (C=O) groups excluding carboxylic acids is 1. The topological polar surface area (TPSA) is 32.7 Å². The second kappa shape index (κ2) is 6.21. The molecule has 0 saturated heterocycles. The van der Waals surface area contributed by atoms with Crippen molar-refractivity contribution in [2.24, 2.45) is 10.5 Å². The number of hydrazone groups is 1. The third kappa shape index (κ3) is 3.40. The number of hydrogen-bond donors (Lipinski definition) is 0. The van der Waals surface area contributed by atoms with Crippen LogP contribution in [0.5, 0.6) is 0 Å². The summed E-state index contributed by atoms with van der Waals surface area (Å²) in [5.74, 6) is 0.0583. The monoisotopic (exact) mass is 390 g/mol. The van der Waals surface area contributed by atoms with Crippen LogP contribution in [0.1, 0.15) is 43.7 Å².